The van der Waals surface area contributed by atoms with E-state index in [1.54, 1.807) is 32.0 Å². The van der Waals surface area contributed by atoms with Crippen LogP contribution in [0.25, 0.3) is 0 Å². The van der Waals surface area contributed by atoms with Crippen LogP contribution in [0.5, 0.6) is 11.5 Å². The maximum Gasteiger partial charge on any atom is 0.242 e. The number of aliphatic hydroxyl groups is 1. The lowest BCUT2D eigenvalue weighted by atomic mass is 10.1. The van der Waals surface area contributed by atoms with E-state index in [0.29, 0.717) is 17.2 Å². The van der Waals surface area contributed by atoms with Gasteiger partial charge in [0.2, 0.25) is 24.5 Å². The number of fused-ring (bicyclic) bond motifs is 1. The van der Waals surface area contributed by atoms with Crippen molar-refractivity contribution < 1.29 is 29.0 Å². The monoisotopic (exact) mass is 377 g/mol. The lowest BCUT2D eigenvalue weighted by molar-refractivity contribution is -0.131. The SMILES string of the molecule is CC(CO)NC(=O)C(C)NC(=O)C1CC(=O)N(c2ccc3c(c2)OCO3)C1. The maximum absolute atomic E-state index is 12.5. The third-order valence-corrected chi connectivity index (χ3v) is 4.58. The van der Waals surface area contributed by atoms with Crippen LogP contribution in [0.1, 0.15) is 20.3 Å². The molecule has 2 aliphatic rings. The normalized spacial score (nSPS) is 20.3. The van der Waals surface area contributed by atoms with Gasteiger partial charge in [-0.2, -0.15) is 0 Å². The molecule has 0 aliphatic carbocycles. The molecule has 3 unspecified atom stereocenters. The Hall–Kier alpha value is -2.81. The topological polar surface area (TPSA) is 117 Å². The van der Waals surface area contributed by atoms with E-state index in [0.717, 1.165) is 0 Å². The molecule has 1 aromatic carbocycles. The van der Waals surface area contributed by atoms with E-state index in [1.165, 1.54) is 4.90 Å². The lowest BCUT2D eigenvalue weighted by Gasteiger charge is -2.19. The fraction of sp³-hybridized carbons (Fsp3) is 0.500. The summed E-state index contributed by atoms with van der Waals surface area (Å²) in [7, 11) is 0. The fourth-order valence-corrected chi connectivity index (χ4v) is 3.00. The van der Waals surface area contributed by atoms with E-state index in [1.807, 2.05) is 0 Å². The number of carbonyl (C=O) groups excluding carboxylic acids is 3. The maximum atomic E-state index is 12.5. The highest BCUT2D eigenvalue weighted by Crippen LogP contribution is 2.37. The number of nitrogens with zero attached hydrogens (tertiary/aromatic N) is 1. The minimum atomic E-state index is -0.763. The zero-order valence-electron chi connectivity index (χ0n) is 15.2. The number of carbonyl (C=O) groups is 3. The van der Waals surface area contributed by atoms with E-state index >= 15 is 0 Å². The van der Waals surface area contributed by atoms with Gasteiger partial charge in [-0.05, 0) is 26.0 Å². The zero-order valence-corrected chi connectivity index (χ0v) is 15.2. The largest absolute Gasteiger partial charge is 0.454 e. The van der Waals surface area contributed by atoms with Crippen molar-refractivity contribution in [3.8, 4) is 11.5 Å². The van der Waals surface area contributed by atoms with Crippen LogP contribution < -0.4 is 25.0 Å². The number of rotatable bonds is 6. The molecule has 2 aliphatic heterocycles. The summed E-state index contributed by atoms with van der Waals surface area (Å²) < 4.78 is 10.6. The first-order chi connectivity index (χ1) is 12.9. The van der Waals surface area contributed by atoms with Crippen molar-refractivity contribution >= 4 is 23.4 Å². The molecular weight excluding hydrogens is 354 g/mol. The van der Waals surface area contributed by atoms with Gasteiger partial charge in [0.1, 0.15) is 6.04 Å². The van der Waals surface area contributed by atoms with Gasteiger partial charge in [0.05, 0.1) is 12.5 Å². The molecule has 0 spiro atoms. The Morgan fingerprint density at radius 3 is 2.74 bits per heavy atom. The molecular formula is C18H23N3O6. The van der Waals surface area contributed by atoms with Gasteiger partial charge in [0.25, 0.3) is 0 Å². The van der Waals surface area contributed by atoms with E-state index in [9.17, 15) is 14.4 Å². The minimum absolute atomic E-state index is 0.0711. The van der Waals surface area contributed by atoms with E-state index in [-0.39, 0.29) is 44.1 Å². The smallest absolute Gasteiger partial charge is 0.242 e. The van der Waals surface area contributed by atoms with Crippen molar-refractivity contribution in [1.82, 2.24) is 10.6 Å². The predicted octanol–water partition coefficient (Wildman–Crippen LogP) is -0.230. The molecule has 146 valence electrons. The Labute approximate surface area is 156 Å². The molecule has 0 saturated carbocycles. The van der Waals surface area contributed by atoms with Crippen molar-refractivity contribution in [2.24, 2.45) is 5.92 Å². The van der Waals surface area contributed by atoms with Gasteiger partial charge < -0.3 is 30.1 Å². The van der Waals surface area contributed by atoms with Gasteiger partial charge in [0, 0.05) is 30.8 Å². The van der Waals surface area contributed by atoms with Crippen LogP contribution in [0.4, 0.5) is 5.69 Å². The molecule has 1 fully saturated rings. The molecule has 9 heteroatoms. The highest BCUT2D eigenvalue weighted by molar-refractivity contribution is 6.01. The van der Waals surface area contributed by atoms with Gasteiger partial charge >= 0.3 is 0 Å². The van der Waals surface area contributed by atoms with Crippen LogP contribution >= 0.6 is 0 Å². The Morgan fingerprint density at radius 2 is 2.00 bits per heavy atom. The second-order valence-corrected chi connectivity index (χ2v) is 6.77. The second-order valence-electron chi connectivity index (χ2n) is 6.77. The van der Waals surface area contributed by atoms with Crippen LogP contribution in [-0.4, -0.2) is 54.9 Å². The Balaban J connectivity index is 1.60. The van der Waals surface area contributed by atoms with Gasteiger partial charge in [0.15, 0.2) is 11.5 Å². The third kappa shape index (κ3) is 4.13. The van der Waals surface area contributed by atoms with E-state index < -0.39 is 18.0 Å². The molecule has 2 heterocycles. The first-order valence-corrected chi connectivity index (χ1v) is 8.80. The number of nitrogens with one attached hydrogen (secondary N) is 2. The third-order valence-electron chi connectivity index (χ3n) is 4.58. The number of benzene rings is 1. The first kappa shape index (κ1) is 19.0. The highest BCUT2D eigenvalue weighted by atomic mass is 16.7. The summed E-state index contributed by atoms with van der Waals surface area (Å²) in [6, 6.07) is 4.03. The second kappa shape index (κ2) is 7.83. The summed E-state index contributed by atoms with van der Waals surface area (Å²) in [5.74, 6) is -0.269. The highest BCUT2D eigenvalue weighted by Gasteiger charge is 2.36. The van der Waals surface area contributed by atoms with Crippen LogP contribution in [0.15, 0.2) is 18.2 Å². The van der Waals surface area contributed by atoms with Crippen molar-refractivity contribution in [1.29, 1.82) is 0 Å². The molecule has 0 aromatic heterocycles. The van der Waals surface area contributed by atoms with Crippen LogP contribution in [0.3, 0.4) is 0 Å². The molecule has 9 nitrogen and oxygen atoms in total. The molecule has 3 N–H and O–H groups in total. The van der Waals surface area contributed by atoms with Gasteiger partial charge in [-0.1, -0.05) is 0 Å². The van der Waals surface area contributed by atoms with Crippen molar-refractivity contribution in [3.63, 3.8) is 0 Å². The van der Waals surface area contributed by atoms with Crippen molar-refractivity contribution in [2.75, 3.05) is 24.8 Å². The Kier molecular flexibility index (Phi) is 5.50. The zero-order chi connectivity index (χ0) is 19.6. The van der Waals surface area contributed by atoms with E-state index in [2.05, 4.69) is 10.6 Å². The van der Waals surface area contributed by atoms with Crippen molar-refractivity contribution in [3.05, 3.63) is 18.2 Å². The van der Waals surface area contributed by atoms with Gasteiger partial charge in [-0.15, -0.1) is 0 Å². The molecule has 0 bridgehead atoms. The molecule has 1 saturated heterocycles. The van der Waals surface area contributed by atoms with Crippen LogP contribution in [-0.2, 0) is 14.4 Å². The summed E-state index contributed by atoms with van der Waals surface area (Å²) in [5, 5.41) is 14.2. The molecule has 3 rings (SSSR count). The molecule has 3 atom stereocenters. The minimum Gasteiger partial charge on any atom is -0.454 e. The molecule has 3 amide bonds. The summed E-state index contributed by atoms with van der Waals surface area (Å²) >= 11 is 0. The fourth-order valence-electron chi connectivity index (χ4n) is 3.00. The number of hydrogen-bond acceptors (Lipinski definition) is 6. The quantitative estimate of drug-likeness (QED) is 0.630. The van der Waals surface area contributed by atoms with Gasteiger partial charge in [-0.3, -0.25) is 14.4 Å². The lowest BCUT2D eigenvalue weighted by Crippen LogP contribution is -2.49. The molecule has 27 heavy (non-hydrogen) atoms. The number of amides is 3. The predicted molar refractivity (Wildman–Crippen MR) is 95.3 cm³/mol. The number of ether oxygens (including phenoxy) is 2. The Bertz CT molecular complexity index is 753. The summed E-state index contributed by atoms with van der Waals surface area (Å²) in [5.41, 5.74) is 0.641. The summed E-state index contributed by atoms with van der Waals surface area (Å²) in [6.07, 6.45) is 0.0711. The summed E-state index contributed by atoms with van der Waals surface area (Å²) in [4.78, 5) is 38.3. The average Bonchev–Trinajstić information content (AvgIpc) is 3.26. The van der Waals surface area contributed by atoms with Crippen LogP contribution in [0.2, 0.25) is 0 Å². The van der Waals surface area contributed by atoms with Gasteiger partial charge in [-0.25, -0.2) is 0 Å². The number of aliphatic hydroxyl groups excluding tert-OH is 1. The average molecular weight is 377 g/mol. The summed E-state index contributed by atoms with van der Waals surface area (Å²) in [6.45, 7) is 3.40. The number of hydrogen-bond donors (Lipinski definition) is 3. The molecule has 0 radical (unpaired) electrons. The standard InChI is InChI=1S/C18H23N3O6/c1-10(8-22)19-17(24)11(2)20-18(25)12-5-16(23)21(7-12)13-3-4-14-15(6-13)27-9-26-14/h3-4,6,10-12,22H,5,7-9H2,1-2H3,(H,19,24)(H,20,25). The van der Waals surface area contributed by atoms with E-state index in [4.69, 9.17) is 14.6 Å². The number of anilines is 1. The Morgan fingerprint density at radius 1 is 1.26 bits per heavy atom. The molecule has 1 aromatic rings. The van der Waals surface area contributed by atoms with Crippen LogP contribution in [0, 0.1) is 5.92 Å². The van der Waals surface area contributed by atoms with Crippen molar-refractivity contribution in [2.45, 2.75) is 32.4 Å². The first-order valence-electron chi connectivity index (χ1n) is 8.80.